The molecule has 1 heterocycles. The molecule has 4 heteroatoms. The second kappa shape index (κ2) is 7.58. The maximum absolute atomic E-state index is 4.60. The SMILES string of the molecule is CCNCc1cnc(N(CC(C)C)C2CCCC2)nc1. The third-order valence-electron chi connectivity index (χ3n) is 3.86. The average Bonchev–Trinajstić information content (AvgIpc) is 2.97. The molecule has 0 unspecified atom stereocenters. The van der Waals surface area contributed by atoms with Gasteiger partial charge in [-0.2, -0.15) is 0 Å². The normalized spacial score (nSPS) is 16.0. The molecule has 4 nitrogen and oxygen atoms in total. The van der Waals surface area contributed by atoms with Crippen molar-refractivity contribution in [3.05, 3.63) is 18.0 Å². The molecule has 2 rings (SSSR count). The number of nitrogens with one attached hydrogen (secondary N) is 1. The Balaban J connectivity index is 2.07. The van der Waals surface area contributed by atoms with E-state index < -0.39 is 0 Å². The van der Waals surface area contributed by atoms with E-state index in [1.54, 1.807) is 0 Å². The second-order valence-corrected chi connectivity index (χ2v) is 6.16. The minimum absolute atomic E-state index is 0.636. The number of rotatable bonds is 7. The molecule has 1 aliphatic rings. The van der Waals surface area contributed by atoms with Crippen molar-refractivity contribution < 1.29 is 0 Å². The summed E-state index contributed by atoms with van der Waals surface area (Å²) in [6.45, 7) is 9.52. The van der Waals surface area contributed by atoms with Gasteiger partial charge >= 0.3 is 0 Å². The Bertz CT molecular complexity index is 382. The smallest absolute Gasteiger partial charge is 0.225 e. The molecular weight excluding hydrogens is 248 g/mol. The standard InChI is InChI=1S/C16H28N4/c1-4-17-9-14-10-18-16(19-11-14)20(12-13(2)3)15-7-5-6-8-15/h10-11,13,15,17H,4-9,12H2,1-3H3. The lowest BCUT2D eigenvalue weighted by molar-refractivity contribution is 0.525. The van der Waals surface area contributed by atoms with Crippen LogP contribution < -0.4 is 10.2 Å². The fraction of sp³-hybridized carbons (Fsp3) is 0.750. The van der Waals surface area contributed by atoms with Gasteiger partial charge in [-0.1, -0.05) is 33.6 Å². The van der Waals surface area contributed by atoms with Gasteiger partial charge in [0, 0.05) is 37.1 Å². The van der Waals surface area contributed by atoms with Crippen molar-refractivity contribution in [1.29, 1.82) is 0 Å². The molecule has 1 saturated carbocycles. The summed E-state index contributed by atoms with van der Waals surface area (Å²) in [6.07, 6.45) is 9.19. The Morgan fingerprint density at radius 2 is 1.90 bits per heavy atom. The third-order valence-corrected chi connectivity index (χ3v) is 3.86. The van der Waals surface area contributed by atoms with E-state index in [-0.39, 0.29) is 0 Å². The van der Waals surface area contributed by atoms with E-state index in [2.05, 4.69) is 41.0 Å². The Labute approximate surface area is 123 Å². The van der Waals surface area contributed by atoms with Gasteiger partial charge in [0.25, 0.3) is 0 Å². The Kier molecular flexibility index (Phi) is 5.77. The van der Waals surface area contributed by atoms with Crippen molar-refractivity contribution in [2.75, 3.05) is 18.0 Å². The van der Waals surface area contributed by atoms with Crippen LogP contribution in [0.4, 0.5) is 5.95 Å². The third kappa shape index (κ3) is 4.17. The molecule has 1 aromatic rings. The Morgan fingerprint density at radius 1 is 1.25 bits per heavy atom. The molecule has 0 amide bonds. The van der Waals surface area contributed by atoms with Crippen molar-refractivity contribution in [3.63, 3.8) is 0 Å². The lowest BCUT2D eigenvalue weighted by atomic mass is 10.1. The second-order valence-electron chi connectivity index (χ2n) is 6.16. The van der Waals surface area contributed by atoms with Crippen LogP contribution in [0.15, 0.2) is 12.4 Å². The first-order chi connectivity index (χ1) is 9.70. The van der Waals surface area contributed by atoms with E-state index in [4.69, 9.17) is 0 Å². The summed E-state index contributed by atoms with van der Waals surface area (Å²) < 4.78 is 0. The summed E-state index contributed by atoms with van der Waals surface area (Å²) in [5, 5.41) is 3.31. The quantitative estimate of drug-likeness (QED) is 0.831. The molecule has 0 spiro atoms. The maximum atomic E-state index is 4.60. The lowest BCUT2D eigenvalue weighted by Gasteiger charge is -2.30. The number of nitrogens with zero attached hydrogens (tertiary/aromatic N) is 3. The molecule has 1 N–H and O–H groups in total. The van der Waals surface area contributed by atoms with E-state index in [1.165, 1.54) is 25.7 Å². The average molecular weight is 276 g/mol. The van der Waals surface area contributed by atoms with Gasteiger partial charge in [-0.3, -0.25) is 0 Å². The minimum atomic E-state index is 0.636. The molecule has 0 atom stereocenters. The van der Waals surface area contributed by atoms with Crippen LogP contribution in [0.2, 0.25) is 0 Å². The Hall–Kier alpha value is -1.16. The zero-order valence-electron chi connectivity index (χ0n) is 13.1. The van der Waals surface area contributed by atoms with Crippen LogP contribution in [0.3, 0.4) is 0 Å². The van der Waals surface area contributed by atoms with Gasteiger partial charge in [0.2, 0.25) is 5.95 Å². The molecule has 20 heavy (non-hydrogen) atoms. The van der Waals surface area contributed by atoms with Gasteiger partial charge in [-0.05, 0) is 25.3 Å². The Morgan fingerprint density at radius 3 is 2.45 bits per heavy atom. The van der Waals surface area contributed by atoms with Gasteiger partial charge in [0.1, 0.15) is 0 Å². The van der Waals surface area contributed by atoms with Crippen LogP contribution in [-0.2, 0) is 6.54 Å². The van der Waals surface area contributed by atoms with Crippen LogP contribution in [0, 0.1) is 5.92 Å². The highest BCUT2D eigenvalue weighted by Gasteiger charge is 2.25. The van der Waals surface area contributed by atoms with Gasteiger partial charge in [-0.15, -0.1) is 0 Å². The van der Waals surface area contributed by atoms with Crippen molar-refractivity contribution in [1.82, 2.24) is 15.3 Å². The van der Waals surface area contributed by atoms with Crippen LogP contribution in [0.25, 0.3) is 0 Å². The predicted octanol–water partition coefficient (Wildman–Crippen LogP) is 2.99. The fourth-order valence-electron chi connectivity index (χ4n) is 2.86. The van der Waals surface area contributed by atoms with Gasteiger partial charge in [-0.25, -0.2) is 9.97 Å². The summed E-state index contributed by atoms with van der Waals surface area (Å²) in [7, 11) is 0. The highest BCUT2D eigenvalue weighted by atomic mass is 15.3. The lowest BCUT2D eigenvalue weighted by Crippen LogP contribution is -2.37. The number of hydrogen-bond donors (Lipinski definition) is 1. The minimum Gasteiger partial charge on any atom is -0.338 e. The number of hydrogen-bond acceptors (Lipinski definition) is 4. The molecule has 0 radical (unpaired) electrons. The van der Waals surface area contributed by atoms with Gasteiger partial charge in [0.05, 0.1) is 0 Å². The van der Waals surface area contributed by atoms with Crippen molar-refractivity contribution >= 4 is 5.95 Å². The first kappa shape index (κ1) is 15.2. The summed E-state index contributed by atoms with van der Waals surface area (Å²) in [6, 6.07) is 0.636. The zero-order chi connectivity index (χ0) is 14.4. The molecule has 0 aromatic carbocycles. The summed E-state index contributed by atoms with van der Waals surface area (Å²) in [4.78, 5) is 11.6. The molecule has 1 aliphatic carbocycles. The zero-order valence-corrected chi connectivity index (χ0v) is 13.1. The van der Waals surface area contributed by atoms with Crippen molar-refractivity contribution in [3.8, 4) is 0 Å². The van der Waals surface area contributed by atoms with Crippen LogP contribution >= 0.6 is 0 Å². The van der Waals surface area contributed by atoms with E-state index >= 15 is 0 Å². The summed E-state index contributed by atoms with van der Waals surface area (Å²) in [5.74, 6) is 1.55. The van der Waals surface area contributed by atoms with E-state index in [1.807, 2.05) is 12.4 Å². The molecule has 0 saturated heterocycles. The van der Waals surface area contributed by atoms with Crippen LogP contribution in [-0.4, -0.2) is 29.1 Å². The van der Waals surface area contributed by atoms with Crippen molar-refractivity contribution in [2.45, 2.75) is 59.0 Å². The molecule has 1 fully saturated rings. The van der Waals surface area contributed by atoms with Gasteiger partial charge < -0.3 is 10.2 Å². The highest BCUT2D eigenvalue weighted by molar-refractivity contribution is 5.32. The van der Waals surface area contributed by atoms with Crippen LogP contribution in [0.1, 0.15) is 52.0 Å². The molecule has 0 bridgehead atoms. The summed E-state index contributed by atoms with van der Waals surface area (Å²) in [5.41, 5.74) is 1.16. The van der Waals surface area contributed by atoms with E-state index in [0.717, 1.165) is 31.1 Å². The van der Waals surface area contributed by atoms with E-state index in [9.17, 15) is 0 Å². The monoisotopic (exact) mass is 276 g/mol. The van der Waals surface area contributed by atoms with Crippen molar-refractivity contribution in [2.24, 2.45) is 5.92 Å². The maximum Gasteiger partial charge on any atom is 0.225 e. The summed E-state index contributed by atoms with van der Waals surface area (Å²) >= 11 is 0. The fourth-order valence-corrected chi connectivity index (χ4v) is 2.86. The number of anilines is 1. The van der Waals surface area contributed by atoms with Crippen LogP contribution in [0.5, 0.6) is 0 Å². The topological polar surface area (TPSA) is 41.1 Å². The first-order valence-electron chi connectivity index (χ1n) is 7.99. The number of aromatic nitrogens is 2. The molecule has 1 aromatic heterocycles. The largest absolute Gasteiger partial charge is 0.338 e. The molecule has 112 valence electrons. The van der Waals surface area contributed by atoms with E-state index in [0.29, 0.717) is 12.0 Å². The highest BCUT2D eigenvalue weighted by Crippen LogP contribution is 2.26. The predicted molar refractivity (Wildman–Crippen MR) is 83.9 cm³/mol. The van der Waals surface area contributed by atoms with Gasteiger partial charge in [0.15, 0.2) is 0 Å². The molecule has 0 aliphatic heterocycles. The first-order valence-corrected chi connectivity index (χ1v) is 7.99. The molecular formula is C16H28N4.